The molecule has 0 saturated heterocycles. The Morgan fingerprint density at radius 1 is 1.06 bits per heavy atom. The first-order chi connectivity index (χ1) is 15.0. The summed E-state index contributed by atoms with van der Waals surface area (Å²) >= 11 is 0. The number of anilines is 2. The van der Waals surface area contributed by atoms with Crippen molar-refractivity contribution in [1.82, 2.24) is 26.7 Å². The molecule has 1 aliphatic rings. The van der Waals surface area contributed by atoms with Crippen LogP contribution < -0.4 is 26.9 Å². The molecule has 11 heteroatoms. The molecule has 3 rings (SSSR count). The molecule has 0 unspecified atom stereocenters. The van der Waals surface area contributed by atoms with Crippen LogP contribution in [0.15, 0.2) is 53.6 Å². The van der Waals surface area contributed by atoms with E-state index < -0.39 is 11.7 Å². The number of hydrazine groups is 2. The average Bonchev–Trinajstić information content (AvgIpc) is 3.15. The maximum Gasteiger partial charge on any atom is 0.416 e. The summed E-state index contributed by atoms with van der Waals surface area (Å²) in [5.74, 6) is 0.527. The van der Waals surface area contributed by atoms with E-state index in [9.17, 15) is 18.0 Å². The van der Waals surface area contributed by atoms with Crippen LogP contribution in [0.25, 0.3) is 0 Å². The predicted molar refractivity (Wildman–Crippen MR) is 117 cm³/mol. The zero-order valence-electron chi connectivity index (χ0n) is 18.0. The van der Waals surface area contributed by atoms with Gasteiger partial charge in [-0.3, -0.25) is 5.43 Å². The molecule has 8 nitrogen and oxygen atoms in total. The van der Waals surface area contributed by atoms with Crippen LogP contribution in [0.2, 0.25) is 0 Å². The number of hydrogen-bond donors (Lipinski definition) is 5. The number of halogens is 3. The smallest absolute Gasteiger partial charge is 0.355 e. The van der Waals surface area contributed by atoms with Crippen LogP contribution in [-0.2, 0) is 6.18 Å². The van der Waals surface area contributed by atoms with E-state index in [4.69, 9.17) is 0 Å². The molecule has 172 valence electrons. The molecule has 1 aliphatic heterocycles. The number of hydrogen-bond acceptors (Lipinski definition) is 6. The van der Waals surface area contributed by atoms with Gasteiger partial charge in [-0.25, -0.2) is 9.91 Å². The third kappa shape index (κ3) is 6.51. The molecule has 2 amide bonds. The predicted octanol–water partition coefficient (Wildman–Crippen LogP) is 3.53. The molecule has 0 saturated carbocycles. The van der Waals surface area contributed by atoms with Crippen molar-refractivity contribution < 1.29 is 18.0 Å². The molecule has 5 N–H and O–H groups in total. The largest absolute Gasteiger partial charge is 0.416 e. The Labute approximate surface area is 184 Å². The molecule has 0 spiro atoms. The molecule has 2 aromatic rings. The fourth-order valence-electron chi connectivity index (χ4n) is 2.87. The van der Waals surface area contributed by atoms with Crippen molar-refractivity contribution >= 4 is 23.2 Å². The maximum absolute atomic E-state index is 12.8. The molecule has 0 atom stereocenters. The van der Waals surface area contributed by atoms with Crippen LogP contribution in [0.1, 0.15) is 31.9 Å². The van der Waals surface area contributed by atoms with Gasteiger partial charge in [0, 0.05) is 29.0 Å². The molecule has 32 heavy (non-hydrogen) atoms. The lowest BCUT2D eigenvalue weighted by atomic mass is 10.1. The quantitative estimate of drug-likeness (QED) is 0.465. The van der Waals surface area contributed by atoms with Gasteiger partial charge in [-0.15, -0.1) is 10.6 Å². The van der Waals surface area contributed by atoms with Crippen LogP contribution in [0, 0.1) is 0 Å². The number of urea groups is 1. The fourth-order valence-corrected chi connectivity index (χ4v) is 2.87. The van der Waals surface area contributed by atoms with E-state index in [-0.39, 0.29) is 11.6 Å². The lowest BCUT2D eigenvalue weighted by molar-refractivity contribution is -0.137. The molecule has 0 bridgehead atoms. The van der Waals surface area contributed by atoms with Gasteiger partial charge in [0.1, 0.15) is 0 Å². The molecular weight excluding hydrogens is 423 g/mol. The van der Waals surface area contributed by atoms with E-state index in [0.29, 0.717) is 30.3 Å². The molecule has 2 aromatic carbocycles. The van der Waals surface area contributed by atoms with Gasteiger partial charge < -0.3 is 16.0 Å². The number of nitrogens with one attached hydrogen (secondary N) is 5. The minimum atomic E-state index is -4.38. The first-order valence-electron chi connectivity index (χ1n) is 9.99. The Morgan fingerprint density at radius 2 is 1.75 bits per heavy atom. The lowest BCUT2D eigenvalue weighted by Gasteiger charge is -2.21. The highest BCUT2D eigenvalue weighted by molar-refractivity contribution is 6.04. The highest BCUT2D eigenvalue weighted by Gasteiger charge is 2.30. The van der Waals surface area contributed by atoms with Gasteiger partial charge in [0.25, 0.3) is 0 Å². The van der Waals surface area contributed by atoms with Crippen LogP contribution in [0.5, 0.6) is 0 Å². The Balaban J connectivity index is 1.62. The van der Waals surface area contributed by atoms with Gasteiger partial charge in [0.15, 0.2) is 5.84 Å². The molecular formula is C21H26F3N7O. The molecule has 1 heterocycles. The lowest BCUT2D eigenvalue weighted by Crippen LogP contribution is -2.48. The minimum Gasteiger partial charge on any atom is -0.355 e. The Hall–Kier alpha value is -3.47. The average molecular weight is 449 g/mol. The van der Waals surface area contributed by atoms with Crippen molar-refractivity contribution in [3.05, 3.63) is 59.7 Å². The van der Waals surface area contributed by atoms with E-state index in [1.165, 1.54) is 12.1 Å². The molecule has 0 aliphatic carbocycles. The van der Waals surface area contributed by atoms with Crippen molar-refractivity contribution in [2.24, 2.45) is 5.10 Å². The van der Waals surface area contributed by atoms with Gasteiger partial charge in [0.05, 0.1) is 12.1 Å². The maximum atomic E-state index is 12.8. The third-order valence-electron chi connectivity index (χ3n) is 4.30. The minimum absolute atomic E-state index is 0.264. The number of benzene rings is 2. The number of alkyl halides is 3. The monoisotopic (exact) mass is 449 g/mol. The second-order valence-electron chi connectivity index (χ2n) is 8.19. The summed E-state index contributed by atoms with van der Waals surface area (Å²) in [4.78, 5) is 11.8. The van der Waals surface area contributed by atoms with Gasteiger partial charge in [0.2, 0.25) is 0 Å². The summed E-state index contributed by atoms with van der Waals surface area (Å²) in [7, 11) is 0. The van der Waals surface area contributed by atoms with Crippen LogP contribution in [0.4, 0.5) is 29.3 Å². The second-order valence-corrected chi connectivity index (χ2v) is 8.19. The van der Waals surface area contributed by atoms with Gasteiger partial charge in [-0.05, 0) is 57.2 Å². The summed E-state index contributed by atoms with van der Waals surface area (Å²) in [6.45, 7) is 6.45. The van der Waals surface area contributed by atoms with Crippen LogP contribution in [-0.4, -0.2) is 35.6 Å². The van der Waals surface area contributed by atoms with Crippen molar-refractivity contribution in [1.29, 1.82) is 0 Å². The van der Waals surface area contributed by atoms with E-state index in [0.717, 1.165) is 17.7 Å². The Bertz CT molecular complexity index is 969. The molecule has 0 radical (unpaired) electrons. The summed E-state index contributed by atoms with van der Waals surface area (Å²) in [5, 5.41) is 14.7. The zero-order valence-corrected chi connectivity index (χ0v) is 18.0. The fraction of sp³-hybridized carbons (Fsp3) is 0.333. The first-order valence-corrected chi connectivity index (χ1v) is 9.99. The van der Waals surface area contributed by atoms with Crippen molar-refractivity contribution in [3.8, 4) is 0 Å². The number of para-hydroxylation sites is 1. The summed E-state index contributed by atoms with van der Waals surface area (Å²) in [6.07, 6.45) is -4.38. The SMILES string of the molecule is CC(C)(C)NC(=O)NCCN1N=C(c2ccccc2Nc2ccc(C(F)(F)F)cc2)NN1. The van der Waals surface area contributed by atoms with Crippen molar-refractivity contribution in [3.63, 3.8) is 0 Å². The van der Waals surface area contributed by atoms with E-state index in [2.05, 4.69) is 32.0 Å². The van der Waals surface area contributed by atoms with Crippen molar-refractivity contribution in [2.75, 3.05) is 18.4 Å². The van der Waals surface area contributed by atoms with E-state index >= 15 is 0 Å². The number of nitrogens with zero attached hydrogens (tertiary/aromatic N) is 2. The number of hydrazone groups is 1. The van der Waals surface area contributed by atoms with Crippen LogP contribution >= 0.6 is 0 Å². The number of amidine groups is 1. The standard InChI is InChI=1S/C21H26F3N7O/c1-20(2,3)27-19(32)25-12-13-31-29-18(28-30-31)16-6-4-5-7-17(16)26-15-10-8-14(9-11-15)21(22,23)24/h4-11,26,30H,12-13H2,1-3H3,(H,28,29)(H2,25,27,32). The van der Waals surface area contributed by atoms with E-state index in [1.54, 1.807) is 11.2 Å². The Kier molecular flexibility index (Phi) is 6.78. The first kappa shape index (κ1) is 23.2. The number of carbonyl (C=O) groups is 1. The van der Waals surface area contributed by atoms with Crippen LogP contribution in [0.3, 0.4) is 0 Å². The summed E-state index contributed by atoms with van der Waals surface area (Å²) in [6, 6.07) is 11.8. The Morgan fingerprint density at radius 3 is 2.41 bits per heavy atom. The molecule has 0 fully saturated rings. The topological polar surface area (TPSA) is 92.8 Å². The normalized spacial score (nSPS) is 13.9. The highest BCUT2D eigenvalue weighted by atomic mass is 19.4. The van der Waals surface area contributed by atoms with Gasteiger partial charge in [-0.2, -0.15) is 13.2 Å². The summed E-state index contributed by atoms with van der Waals surface area (Å²) in [5.41, 5.74) is 6.74. The second kappa shape index (κ2) is 9.35. The van der Waals surface area contributed by atoms with E-state index in [1.807, 2.05) is 39.0 Å². The van der Waals surface area contributed by atoms with Gasteiger partial charge >= 0.3 is 12.2 Å². The zero-order chi connectivity index (χ0) is 23.4. The molecule has 0 aromatic heterocycles. The number of rotatable bonds is 6. The van der Waals surface area contributed by atoms with Gasteiger partial charge in [-0.1, -0.05) is 12.1 Å². The summed E-state index contributed by atoms with van der Waals surface area (Å²) < 4.78 is 38.3. The number of carbonyl (C=O) groups excluding carboxylic acids is 1. The van der Waals surface area contributed by atoms with Crippen molar-refractivity contribution in [2.45, 2.75) is 32.5 Å². The number of amides is 2. The third-order valence-corrected chi connectivity index (χ3v) is 4.30. The highest BCUT2D eigenvalue weighted by Crippen LogP contribution is 2.30.